The van der Waals surface area contributed by atoms with Crippen molar-refractivity contribution in [3.8, 4) is 5.75 Å². The molecule has 5 nitrogen and oxygen atoms in total. The van der Waals surface area contributed by atoms with Gasteiger partial charge in [-0.15, -0.1) is 0 Å². The first-order valence-corrected chi connectivity index (χ1v) is 6.35. The Balaban J connectivity index is 2.83. The van der Waals surface area contributed by atoms with Crippen molar-refractivity contribution >= 4 is 11.6 Å². The highest BCUT2D eigenvalue weighted by molar-refractivity contribution is 5.98. The van der Waals surface area contributed by atoms with Gasteiger partial charge in [-0.2, -0.15) is 0 Å². The first-order valence-electron chi connectivity index (χ1n) is 6.35. The fourth-order valence-electron chi connectivity index (χ4n) is 1.91. The van der Waals surface area contributed by atoms with E-state index in [1.165, 1.54) is 7.11 Å². The molecule has 0 spiro atoms. The van der Waals surface area contributed by atoms with E-state index in [2.05, 4.69) is 12.2 Å². The third kappa shape index (κ3) is 4.44. The van der Waals surface area contributed by atoms with Crippen LogP contribution < -0.4 is 15.8 Å². The molecule has 1 aromatic carbocycles. The van der Waals surface area contributed by atoms with Gasteiger partial charge in [0, 0.05) is 12.8 Å². The number of hydrogen-bond acceptors (Lipinski definition) is 4. The first-order chi connectivity index (χ1) is 9.12. The van der Waals surface area contributed by atoms with Crippen molar-refractivity contribution in [3.05, 3.63) is 23.8 Å². The second kappa shape index (κ2) is 7.63. The average molecular weight is 266 g/mol. The Hall–Kier alpha value is -1.75. The molecule has 0 aliphatic rings. The number of benzene rings is 1. The summed E-state index contributed by atoms with van der Waals surface area (Å²) in [6.45, 7) is 2.56. The van der Waals surface area contributed by atoms with E-state index in [1.54, 1.807) is 25.3 Å². The predicted molar refractivity (Wildman–Crippen MR) is 75.4 cm³/mol. The van der Waals surface area contributed by atoms with Gasteiger partial charge in [0.2, 0.25) is 0 Å². The minimum absolute atomic E-state index is 0.00589. The van der Waals surface area contributed by atoms with Crippen molar-refractivity contribution < 1.29 is 14.3 Å². The Kier molecular flexibility index (Phi) is 6.15. The highest BCUT2D eigenvalue weighted by Gasteiger charge is 2.16. The molecule has 1 unspecified atom stereocenters. The zero-order chi connectivity index (χ0) is 14.3. The number of carbonyl (C=O) groups is 1. The monoisotopic (exact) mass is 266 g/mol. The van der Waals surface area contributed by atoms with Gasteiger partial charge in [-0.1, -0.05) is 13.3 Å². The van der Waals surface area contributed by atoms with Gasteiger partial charge in [0.1, 0.15) is 5.75 Å². The van der Waals surface area contributed by atoms with Gasteiger partial charge in [0.15, 0.2) is 0 Å². The number of rotatable bonds is 7. The molecular formula is C14H22N2O3. The number of amides is 1. The van der Waals surface area contributed by atoms with Gasteiger partial charge in [-0.3, -0.25) is 4.79 Å². The van der Waals surface area contributed by atoms with Gasteiger partial charge in [-0.05, 0) is 24.6 Å². The molecule has 0 fully saturated rings. The Morgan fingerprint density at radius 1 is 1.42 bits per heavy atom. The maximum atomic E-state index is 12.2. The lowest BCUT2D eigenvalue weighted by molar-refractivity contribution is 0.0888. The quantitative estimate of drug-likeness (QED) is 0.738. The number of anilines is 1. The van der Waals surface area contributed by atoms with Crippen molar-refractivity contribution in [2.75, 3.05) is 26.6 Å². The van der Waals surface area contributed by atoms with Gasteiger partial charge >= 0.3 is 0 Å². The smallest absolute Gasteiger partial charge is 0.255 e. The topological polar surface area (TPSA) is 73.6 Å². The maximum Gasteiger partial charge on any atom is 0.255 e. The number of nitrogen functional groups attached to an aromatic ring is 1. The number of ether oxygens (including phenoxy) is 2. The molecule has 1 amide bonds. The molecular weight excluding hydrogens is 244 g/mol. The standard InChI is InChI=1S/C14H22N2O3/c1-4-5-11(9-18-2)16-14(17)12-8-10(15)6-7-13(12)19-3/h6-8,11H,4-5,9,15H2,1-3H3,(H,16,17). The molecule has 3 N–H and O–H groups in total. The van der Waals surface area contributed by atoms with Crippen LogP contribution in [-0.2, 0) is 4.74 Å². The average Bonchev–Trinajstić information content (AvgIpc) is 2.39. The number of nitrogens with one attached hydrogen (secondary N) is 1. The summed E-state index contributed by atoms with van der Waals surface area (Å²) in [6, 6.07) is 5.00. The number of carbonyl (C=O) groups excluding carboxylic acids is 1. The summed E-state index contributed by atoms with van der Waals surface area (Å²) in [5.41, 5.74) is 6.68. The SMILES string of the molecule is CCCC(COC)NC(=O)c1cc(N)ccc1OC. The second-order valence-corrected chi connectivity index (χ2v) is 4.37. The van der Waals surface area contributed by atoms with Crippen LogP contribution in [-0.4, -0.2) is 32.8 Å². The molecule has 0 bridgehead atoms. The summed E-state index contributed by atoms with van der Waals surface area (Å²) < 4.78 is 10.3. The zero-order valence-corrected chi connectivity index (χ0v) is 11.7. The van der Waals surface area contributed by atoms with E-state index in [4.69, 9.17) is 15.2 Å². The molecule has 1 rings (SSSR count). The van der Waals surface area contributed by atoms with Gasteiger partial charge in [0.05, 0.1) is 25.3 Å². The van der Waals surface area contributed by atoms with E-state index in [0.29, 0.717) is 23.6 Å². The number of hydrogen-bond donors (Lipinski definition) is 2. The highest BCUT2D eigenvalue weighted by atomic mass is 16.5. The number of methoxy groups -OCH3 is 2. The summed E-state index contributed by atoms with van der Waals surface area (Å²) in [5, 5.41) is 2.94. The molecule has 106 valence electrons. The fourth-order valence-corrected chi connectivity index (χ4v) is 1.91. The Labute approximate surface area is 114 Å². The Morgan fingerprint density at radius 2 is 2.16 bits per heavy atom. The summed E-state index contributed by atoms with van der Waals surface area (Å²) in [6.07, 6.45) is 1.84. The molecule has 0 aromatic heterocycles. The molecule has 1 aromatic rings. The molecule has 5 heteroatoms. The van der Waals surface area contributed by atoms with Crippen LogP contribution in [0.3, 0.4) is 0 Å². The van der Waals surface area contributed by atoms with E-state index in [1.807, 2.05) is 0 Å². The lowest BCUT2D eigenvalue weighted by Crippen LogP contribution is -2.38. The van der Waals surface area contributed by atoms with Crippen molar-refractivity contribution in [3.63, 3.8) is 0 Å². The van der Waals surface area contributed by atoms with Crippen molar-refractivity contribution in [2.45, 2.75) is 25.8 Å². The molecule has 0 saturated carbocycles. The summed E-state index contributed by atoms with van der Waals surface area (Å²) in [4.78, 5) is 12.2. The van der Waals surface area contributed by atoms with E-state index < -0.39 is 0 Å². The van der Waals surface area contributed by atoms with Crippen LogP contribution in [0, 0.1) is 0 Å². The van der Waals surface area contributed by atoms with Crippen LogP contribution >= 0.6 is 0 Å². The zero-order valence-electron chi connectivity index (χ0n) is 11.7. The predicted octanol–water partition coefficient (Wildman–Crippen LogP) is 1.82. The van der Waals surface area contributed by atoms with Gasteiger partial charge in [-0.25, -0.2) is 0 Å². The minimum atomic E-state index is -0.195. The summed E-state index contributed by atoms with van der Waals surface area (Å²) in [5.74, 6) is 0.319. The van der Waals surface area contributed by atoms with Gasteiger partial charge < -0.3 is 20.5 Å². The van der Waals surface area contributed by atoms with Crippen molar-refractivity contribution in [2.24, 2.45) is 0 Å². The van der Waals surface area contributed by atoms with E-state index in [-0.39, 0.29) is 11.9 Å². The molecule has 19 heavy (non-hydrogen) atoms. The number of nitrogens with two attached hydrogens (primary N) is 1. The first kappa shape index (κ1) is 15.3. The third-order valence-corrected chi connectivity index (χ3v) is 2.81. The highest BCUT2D eigenvalue weighted by Crippen LogP contribution is 2.21. The maximum absolute atomic E-state index is 12.2. The molecule has 0 heterocycles. The lowest BCUT2D eigenvalue weighted by atomic mass is 10.1. The summed E-state index contributed by atoms with van der Waals surface area (Å²) >= 11 is 0. The third-order valence-electron chi connectivity index (χ3n) is 2.81. The molecule has 0 aliphatic carbocycles. The van der Waals surface area contributed by atoms with Crippen molar-refractivity contribution in [1.29, 1.82) is 0 Å². The fraction of sp³-hybridized carbons (Fsp3) is 0.500. The second-order valence-electron chi connectivity index (χ2n) is 4.37. The Bertz CT molecular complexity index is 415. The molecule has 0 saturated heterocycles. The largest absolute Gasteiger partial charge is 0.496 e. The van der Waals surface area contributed by atoms with Crippen molar-refractivity contribution in [1.82, 2.24) is 5.32 Å². The van der Waals surface area contributed by atoms with E-state index in [0.717, 1.165) is 12.8 Å². The molecule has 0 radical (unpaired) electrons. The van der Waals surface area contributed by atoms with Crippen LogP contribution in [0.25, 0.3) is 0 Å². The van der Waals surface area contributed by atoms with Crippen LogP contribution in [0.4, 0.5) is 5.69 Å². The lowest BCUT2D eigenvalue weighted by Gasteiger charge is -2.18. The Morgan fingerprint density at radius 3 is 2.74 bits per heavy atom. The van der Waals surface area contributed by atoms with Crippen LogP contribution in [0.2, 0.25) is 0 Å². The minimum Gasteiger partial charge on any atom is -0.496 e. The normalized spacial score (nSPS) is 11.9. The van der Waals surface area contributed by atoms with Crippen LogP contribution in [0.5, 0.6) is 5.75 Å². The van der Waals surface area contributed by atoms with Crippen LogP contribution in [0.1, 0.15) is 30.1 Å². The molecule has 0 aliphatic heterocycles. The summed E-state index contributed by atoms with van der Waals surface area (Å²) in [7, 11) is 3.15. The molecule has 1 atom stereocenters. The van der Waals surface area contributed by atoms with E-state index >= 15 is 0 Å². The van der Waals surface area contributed by atoms with Gasteiger partial charge in [0.25, 0.3) is 5.91 Å². The van der Waals surface area contributed by atoms with Crippen LogP contribution in [0.15, 0.2) is 18.2 Å². The van der Waals surface area contributed by atoms with E-state index in [9.17, 15) is 4.79 Å².